The van der Waals surface area contributed by atoms with Crippen molar-refractivity contribution in [1.29, 1.82) is 0 Å². The van der Waals surface area contributed by atoms with Crippen molar-refractivity contribution < 1.29 is 9.72 Å². The molecule has 9 heteroatoms. The SMILES string of the molecule is O=C(Nc1[nH]nc2ncc(-c3ccccc3)nc12)c1ccc([N+](=O)[O-])cc1. The van der Waals surface area contributed by atoms with Crippen LogP contribution >= 0.6 is 0 Å². The number of aromatic nitrogens is 4. The molecule has 4 aromatic rings. The number of fused-ring (bicyclic) bond motifs is 1. The quantitative estimate of drug-likeness (QED) is 0.425. The van der Waals surface area contributed by atoms with Crippen molar-refractivity contribution >= 4 is 28.6 Å². The van der Waals surface area contributed by atoms with Crippen molar-refractivity contribution in [3.8, 4) is 11.3 Å². The van der Waals surface area contributed by atoms with E-state index in [9.17, 15) is 14.9 Å². The molecule has 0 saturated carbocycles. The molecule has 2 heterocycles. The van der Waals surface area contributed by atoms with E-state index in [0.29, 0.717) is 22.7 Å². The van der Waals surface area contributed by atoms with Gasteiger partial charge in [0.05, 0.1) is 16.8 Å². The maximum absolute atomic E-state index is 12.4. The summed E-state index contributed by atoms with van der Waals surface area (Å²) in [5.74, 6) is -0.138. The minimum atomic E-state index is -0.523. The van der Waals surface area contributed by atoms with E-state index in [1.807, 2.05) is 30.3 Å². The van der Waals surface area contributed by atoms with Gasteiger partial charge in [0.1, 0.15) is 0 Å². The van der Waals surface area contributed by atoms with E-state index in [1.165, 1.54) is 24.3 Å². The molecule has 0 aliphatic heterocycles. The van der Waals surface area contributed by atoms with Gasteiger partial charge in [0.25, 0.3) is 11.6 Å². The van der Waals surface area contributed by atoms with Gasteiger partial charge < -0.3 is 5.32 Å². The highest BCUT2D eigenvalue weighted by Gasteiger charge is 2.15. The first kappa shape index (κ1) is 16.3. The largest absolute Gasteiger partial charge is 0.305 e. The number of amides is 1. The highest BCUT2D eigenvalue weighted by Crippen LogP contribution is 2.22. The molecule has 0 bridgehead atoms. The zero-order chi connectivity index (χ0) is 18.8. The average Bonchev–Trinajstić information content (AvgIpc) is 3.10. The van der Waals surface area contributed by atoms with Gasteiger partial charge in [-0.15, -0.1) is 0 Å². The molecule has 4 rings (SSSR count). The molecule has 0 radical (unpaired) electrons. The molecule has 0 fully saturated rings. The lowest BCUT2D eigenvalue weighted by Gasteiger charge is -2.04. The molecule has 1 amide bonds. The first-order valence-corrected chi connectivity index (χ1v) is 7.94. The Morgan fingerprint density at radius 2 is 1.81 bits per heavy atom. The van der Waals surface area contributed by atoms with Crippen LogP contribution in [-0.4, -0.2) is 31.0 Å². The molecule has 2 N–H and O–H groups in total. The highest BCUT2D eigenvalue weighted by molar-refractivity contribution is 6.07. The Bertz CT molecular complexity index is 1140. The van der Waals surface area contributed by atoms with Crippen LogP contribution in [0.25, 0.3) is 22.4 Å². The maximum atomic E-state index is 12.4. The van der Waals surface area contributed by atoms with E-state index in [-0.39, 0.29) is 11.3 Å². The van der Waals surface area contributed by atoms with Gasteiger partial charge in [0.2, 0.25) is 5.65 Å². The molecule has 2 aromatic carbocycles. The van der Waals surface area contributed by atoms with Crippen LogP contribution in [0.1, 0.15) is 10.4 Å². The Kier molecular flexibility index (Phi) is 4.01. The van der Waals surface area contributed by atoms with E-state index < -0.39 is 10.8 Å². The second-order valence-corrected chi connectivity index (χ2v) is 5.65. The number of H-pyrrole nitrogens is 1. The zero-order valence-corrected chi connectivity index (χ0v) is 13.8. The summed E-state index contributed by atoms with van der Waals surface area (Å²) in [5.41, 5.74) is 2.52. The van der Waals surface area contributed by atoms with E-state index >= 15 is 0 Å². The van der Waals surface area contributed by atoms with Gasteiger partial charge in [-0.1, -0.05) is 30.3 Å². The summed E-state index contributed by atoms with van der Waals surface area (Å²) < 4.78 is 0. The van der Waals surface area contributed by atoms with Crippen LogP contribution in [0.15, 0.2) is 60.8 Å². The molecule has 0 spiro atoms. The number of nitrogens with one attached hydrogen (secondary N) is 2. The summed E-state index contributed by atoms with van der Waals surface area (Å²) in [7, 11) is 0. The van der Waals surface area contributed by atoms with Crippen molar-refractivity contribution in [2.24, 2.45) is 0 Å². The number of benzene rings is 2. The summed E-state index contributed by atoms with van der Waals surface area (Å²) in [6.45, 7) is 0. The summed E-state index contributed by atoms with van der Waals surface area (Å²) in [6.07, 6.45) is 1.61. The maximum Gasteiger partial charge on any atom is 0.269 e. The number of nitrogens with zero attached hydrogens (tertiary/aromatic N) is 4. The van der Waals surface area contributed by atoms with Crippen LogP contribution in [0.3, 0.4) is 0 Å². The lowest BCUT2D eigenvalue weighted by Crippen LogP contribution is -2.12. The number of non-ortho nitro benzene ring substituents is 1. The number of hydrogen-bond donors (Lipinski definition) is 2. The molecule has 0 atom stereocenters. The number of hydrogen-bond acceptors (Lipinski definition) is 6. The first-order chi connectivity index (χ1) is 13.1. The Labute approximate surface area is 152 Å². The first-order valence-electron chi connectivity index (χ1n) is 7.94. The smallest absolute Gasteiger partial charge is 0.269 e. The Hall–Kier alpha value is -4.14. The Morgan fingerprint density at radius 1 is 1.07 bits per heavy atom. The predicted molar refractivity (Wildman–Crippen MR) is 98.2 cm³/mol. The third kappa shape index (κ3) is 3.21. The van der Waals surface area contributed by atoms with Crippen LogP contribution in [0, 0.1) is 10.1 Å². The molecule has 2 aromatic heterocycles. The second kappa shape index (κ2) is 6.64. The summed E-state index contributed by atoms with van der Waals surface area (Å²) >= 11 is 0. The van der Waals surface area contributed by atoms with Crippen LogP contribution in [0.2, 0.25) is 0 Å². The fraction of sp³-hybridized carbons (Fsp3) is 0. The predicted octanol–water partition coefficient (Wildman–Crippen LogP) is 3.18. The number of rotatable bonds is 4. The Morgan fingerprint density at radius 3 is 2.52 bits per heavy atom. The van der Waals surface area contributed by atoms with Gasteiger partial charge in [-0.3, -0.25) is 20.0 Å². The van der Waals surface area contributed by atoms with Crippen LogP contribution in [0.4, 0.5) is 11.5 Å². The van der Waals surface area contributed by atoms with Crippen molar-refractivity contribution in [2.75, 3.05) is 5.32 Å². The highest BCUT2D eigenvalue weighted by atomic mass is 16.6. The fourth-order valence-electron chi connectivity index (χ4n) is 2.55. The van der Waals surface area contributed by atoms with Gasteiger partial charge in [-0.25, -0.2) is 9.97 Å². The topological polar surface area (TPSA) is 127 Å². The van der Waals surface area contributed by atoms with Crippen molar-refractivity contribution in [1.82, 2.24) is 20.2 Å². The molecule has 0 saturated heterocycles. The normalized spacial score (nSPS) is 10.7. The van der Waals surface area contributed by atoms with Gasteiger partial charge >= 0.3 is 0 Å². The minimum Gasteiger partial charge on any atom is -0.305 e. The minimum absolute atomic E-state index is 0.0862. The molecule has 0 aliphatic rings. The van der Waals surface area contributed by atoms with Crippen LogP contribution < -0.4 is 5.32 Å². The molecule has 27 heavy (non-hydrogen) atoms. The molecule has 132 valence electrons. The van der Waals surface area contributed by atoms with Crippen LogP contribution in [0.5, 0.6) is 0 Å². The van der Waals surface area contributed by atoms with E-state index in [2.05, 4.69) is 25.5 Å². The number of nitro groups is 1. The lowest BCUT2D eigenvalue weighted by molar-refractivity contribution is -0.384. The number of aromatic amines is 1. The van der Waals surface area contributed by atoms with Crippen LogP contribution in [-0.2, 0) is 0 Å². The van der Waals surface area contributed by atoms with E-state index in [4.69, 9.17) is 0 Å². The number of nitro benzene ring substituents is 1. The number of carbonyl (C=O) groups excluding carboxylic acids is 1. The summed E-state index contributed by atoms with van der Waals surface area (Å²) in [4.78, 5) is 31.4. The lowest BCUT2D eigenvalue weighted by atomic mass is 10.2. The summed E-state index contributed by atoms with van der Waals surface area (Å²) in [5, 5.41) is 20.1. The van der Waals surface area contributed by atoms with Crippen molar-refractivity contribution in [3.05, 3.63) is 76.5 Å². The van der Waals surface area contributed by atoms with E-state index in [0.717, 1.165) is 5.56 Å². The van der Waals surface area contributed by atoms with Crippen molar-refractivity contribution in [2.45, 2.75) is 0 Å². The molecule has 0 aliphatic carbocycles. The standard InChI is InChI=1S/C18H12N6O3/c25-18(12-6-8-13(9-7-12)24(26)27)21-17-15-16(22-23-17)19-10-14(20-15)11-4-2-1-3-5-11/h1-10H,(H2,19,21,22,23,25). The zero-order valence-electron chi connectivity index (χ0n) is 13.8. The molecule has 9 nitrogen and oxygen atoms in total. The third-order valence-electron chi connectivity index (χ3n) is 3.91. The third-order valence-corrected chi connectivity index (χ3v) is 3.91. The second-order valence-electron chi connectivity index (χ2n) is 5.65. The fourth-order valence-corrected chi connectivity index (χ4v) is 2.55. The molecular weight excluding hydrogens is 348 g/mol. The summed E-state index contributed by atoms with van der Waals surface area (Å²) in [6, 6.07) is 14.8. The number of carbonyl (C=O) groups is 1. The molecular formula is C18H12N6O3. The van der Waals surface area contributed by atoms with Crippen molar-refractivity contribution in [3.63, 3.8) is 0 Å². The average molecular weight is 360 g/mol. The van der Waals surface area contributed by atoms with Gasteiger partial charge in [-0.2, -0.15) is 5.10 Å². The van der Waals surface area contributed by atoms with Gasteiger partial charge in [-0.05, 0) is 12.1 Å². The van der Waals surface area contributed by atoms with E-state index in [1.54, 1.807) is 6.20 Å². The Balaban J connectivity index is 1.63. The molecule has 0 unspecified atom stereocenters. The number of anilines is 1. The monoisotopic (exact) mass is 360 g/mol. The van der Waals surface area contributed by atoms with Gasteiger partial charge in [0, 0.05) is 23.3 Å². The van der Waals surface area contributed by atoms with Gasteiger partial charge in [0.15, 0.2) is 11.3 Å².